The lowest BCUT2D eigenvalue weighted by Gasteiger charge is -2.31. The van der Waals surface area contributed by atoms with Crippen LogP contribution in [0, 0.1) is 0 Å². The van der Waals surface area contributed by atoms with E-state index in [0.717, 1.165) is 18.8 Å². The van der Waals surface area contributed by atoms with E-state index < -0.39 is 6.04 Å². The minimum Gasteiger partial charge on any atom is -0.340 e. The molecule has 1 aliphatic heterocycles. The van der Waals surface area contributed by atoms with Crippen LogP contribution < -0.4 is 10.6 Å². The first-order valence-electron chi connectivity index (χ1n) is 7.56. The van der Waals surface area contributed by atoms with Crippen LogP contribution in [0.1, 0.15) is 16.8 Å². The maximum absolute atomic E-state index is 12.6. The Bertz CT molecular complexity index is 489. The molecule has 0 aromatic heterocycles. The molecular formula is C16H23N3O2S. The quantitative estimate of drug-likeness (QED) is 0.820. The van der Waals surface area contributed by atoms with Gasteiger partial charge in [0.1, 0.15) is 6.04 Å². The van der Waals surface area contributed by atoms with E-state index in [1.54, 1.807) is 23.9 Å². The highest BCUT2D eigenvalue weighted by Gasteiger charge is 2.26. The van der Waals surface area contributed by atoms with Gasteiger partial charge in [-0.25, -0.2) is 0 Å². The Balaban J connectivity index is 2.01. The van der Waals surface area contributed by atoms with Gasteiger partial charge in [-0.1, -0.05) is 18.2 Å². The topological polar surface area (TPSA) is 61.4 Å². The second-order valence-corrected chi connectivity index (χ2v) is 6.23. The van der Waals surface area contributed by atoms with Crippen LogP contribution >= 0.6 is 11.8 Å². The lowest BCUT2D eigenvalue weighted by Crippen LogP contribution is -2.54. The minimum absolute atomic E-state index is 0.0276. The number of amides is 2. The van der Waals surface area contributed by atoms with Crippen LogP contribution in [0.15, 0.2) is 30.3 Å². The van der Waals surface area contributed by atoms with Gasteiger partial charge in [-0.15, -0.1) is 0 Å². The van der Waals surface area contributed by atoms with Crippen molar-refractivity contribution >= 4 is 23.6 Å². The van der Waals surface area contributed by atoms with Crippen molar-refractivity contribution in [2.45, 2.75) is 12.5 Å². The van der Waals surface area contributed by atoms with E-state index in [2.05, 4.69) is 10.6 Å². The fraction of sp³-hybridized carbons (Fsp3) is 0.500. The van der Waals surface area contributed by atoms with Crippen molar-refractivity contribution in [2.75, 3.05) is 38.2 Å². The van der Waals surface area contributed by atoms with E-state index in [1.165, 1.54) is 0 Å². The third-order valence-electron chi connectivity index (χ3n) is 3.68. The molecule has 120 valence electrons. The third-order valence-corrected chi connectivity index (χ3v) is 4.32. The standard InChI is InChI=1S/C16H23N3O2S/c1-22-12-7-14(16(21)19-10-8-17-9-11-19)18-15(20)13-5-3-2-4-6-13/h2-6,14,17H,7-12H2,1H3,(H,18,20). The monoisotopic (exact) mass is 321 g/mol. The summed E-state index contributed by atoms with van der Waals surface area (Å²) in [6, 6.07) is 8.59. The molecule has 1 aliphatic rings. The molecule has 2 N–H and O–H groups in total. The zero-order valence-corrected chi connectivity index (χ0v) is 13.7. The van der Waals surface area contributed by atoms with Crippen LogP contribution in [0.5, 0.6) is 0 Å². The number of hydrogen-bond acceptors (Lipinski definition) is 4. The van der Waals surface area contributed by atoms with E-state index in [-0.39, 0.29) is 11.8 Å². The Kier molecular flexibility index (Phi) is 6.74. The van der Waals surface area contributed by atoms with Crippen LogP contribution in [-0.4, -0.2) is 60.9 Å². The molecule has 1 fully saturated rings. The molecule has 0 bridgehead atoms. The van der Waals surface area contributed by atoms with Gasteiger partial charge in [-0.05, 0) is 30.6 Å². The summed E-state index contributed by atoms with van der Waals surface area (Å²) in [4.78, 5) is 26.8. The van der Waals surface area contributed by atoms with Crippen LogP contribution in [-0.2, 0) is 4.79 Å². The number of thioether (sulfide) groups is 1. The van der Waals surface area contributed by atoms with Gasteiger partial charge in [-0.3, -0.25) is 9.59 Å². The van der Waals surface area contributed by atoms with Crippen molar-refractivity contribution in [3.8, 4) is 0 Å². The van der Waals surface area contributed by atoms with Gasteiger partial charge in [0.15, 0.2) is 0 Å². The fourth-order valence-electron chi connectivity index (χ4n) is 2.43. The number of nitrogens with one attached hydrogen (secondary N) is 2. The van der Waals surface area contributed by atoms with Gasteiger partial charge < -0.3 is 15.5 Å². The molecule has 2 rings (SSSR count). The largest absolute Gasteiger partial charge is 0.340 e. The molecule has 1 aromatic rings. The maximum Gasteiger partial charge on any atom is 0.251 e. The van der Waals surface area contributed by atoms with Gasteiger partial charge in [0.05, 0.1) is 0 Å². The molecule has 6 heteroatoms. The third kappa shape index (κ3) is 4.74. The van der Waals surface area contributed by atoms with Gasteiger partial charge in [0.2, 0.25) is 5.91 Å². The summed E-state index contributed by atoms with van der Waals surface area (Å²) in [6.07, 6.45) is 2.66. The van der Waals surface area contributed by atoms with E-state index >= 15 is 0 Å². The van der Waals surface area contributed by atoms with Crippen molar-refractivity contribution in [1.29, 1.82) is 0 Å². The number of hydrogen-bond donors (Lipinski definition) is 2. The Labute approximate surface area is 135 Å². The maximum atomic E-state index is 12.6. The summed E-state index contributed by atoms with van der Waals surface area (Å²) in [5.41, 5.74) is 0.588. The van der Waals surface area contributed by atoms with Gasteiger partial charge in [0, 0.05) is 31.7 Å². The number of carbonyl (C=O) groups excluding carboxylic acids is 2. The van der Waals surface area contributed by atoms with E-state index in [0.29, 0.717) is 25.1 Å². The predicted octanol–water partition coefficient (Wildman–Crippen LogP) is 0.970. The second-order valence-electron chi connectivity index (χ2n) is 5.25. The summed E-state index contributed by atoms with van der Waals surface area (Å²) < 4.78 is 0. The highest BCUT2D eigenvalue weighted by molar-refractivity contribution is 7.98. The van der Waals surface area contributed by atoms with E-state index in [4.69, 9.17) is 0 Å². The molecule has 0 aliphatic carbocycles. The molecule has 2 amide bonds. The van der Waals surface area contributed by atoms with Crippen molar-refractivity contribution in [3.63, 3.8) is 0 Å². The molecule has 0 radical (unpaired) electrons. The molecule has 1 heterocycles. The zero-order chi connectivity index (χ0) is 15.8. The summed E-state index contributed by atoms with van der Waals surface area (Å²) in [5.74, 6) is 0.687. The molecule has 1 unspecified atom stereocenters. The SMILES string of the molecule is CSCCC(NC(=O)c1ccccc1)C(=O)N1CCNCC1. The number of piperazine rings is 1. The lowest BCUT2D eigenvalue weighted by atomic mass is 10.1. The molecule has 0 spiro atoms. The molecule has 1 saturated heterocycles. The molecule has 0 saturated carbocycles. The van der Waals surface area contributed by atoms with Crippen molar-refractivity contribution in [3.05, 3.63) is 35.9 Å². The van der Waals surface area contributed by atoms with Gasteiger partial charge >= 0.3 is 0 Å². The molecule has 1 atom stereocenters. The highest BCUT2D eigenvalue weighted by Crippen LogP contribution is 2.08. The van der Waals surface area contributed by atoms with Crippen molar-refractivity contribution in [1.82, 2.24) is 15.5 Å². The second kappa shape index (κ2) is 8.80. The first-order chi connectivity index (χ1) is 10.7. The Morgan fingerprint density at radius 1 is 1.27 bits per heavy atom. The normalized spacial score (nSPS) is 16.1. The Hall–Kier alpha value is -1.53. The zero-order valence-electron chi connectivity index (χ0n) is 12.9. The first kappa shape index (κ1) is 16.8. The predicted molar refractivity (Wildman–Crippen MR) is 90.1 cm³/mol. The molecule has 1 aromatic carbocycles. The number of rotatable bonds is 6. The Morgan fingerprint density at radius 2 is 1.95 bits per heavy atom. The van der Waals surface area contributed by atoms with Crippen LogP contribution in [0.4, 0.5) is 0 Å². The summed E-state index contributed by atoms with van der Waals surface area (Å²) in [7, 11) is 0. The van der Waals surface area contributed by atoms with Crippen LogP contribution in [0.2, 0.25) is 0 Å². The fourth-order valence-corrected chi connectivity index (χ4v) is 2.90. The van der Waals surface area contributed by atoms with Gasteiger partial charge in [-0.2, -0.15) is 11.8 Å². The van der Waals surface area contributed by atoms with Crippen molar-refractivity contribution < 1.29 is 9.59 Å². The van der Waals surface area contributed by atoms with E-state index in [1.807, 2.05) is 29.4 Å². The Morgan fingerprint density at radius 3 is 2.59 bits per heavy atom. The molecular weight excluding hydrogens is 298 g/mol. The summed E-state index contributed by atoms with van der Waals surface area (Å²) in [6.45, 7) is 3.03. The average molecular weight is 321 g/mol. The lowest BCUT2D eigenvalue weighted by molar-refractivity contribution is -0.133. The minimum atomic E-state index is -0.446. The summed E-state index contributed by atoms with van der Waals surface area (Å²) >= 11 is 1.68. The molecule has 22 heavy (non-hydrogen) atoms. The van der Waals surface area contributed by atoms with Gasteiger partial charge in [0.25, 0.3) is 5.91 Å². The van der Waals surface area contributed by atoms with Crippen molar-refractivity contribution in [2.24, 2.45) is 0 Å². The highest BCUT2D eigenvalue weighted by atomic mass is 32.2. The molecule has 5 nitrogen and oxygen atoms in total. The smallest absolute Gasteiger partial charge is 0.251 e. The van der Waals surface area contributed by atoms with Crippen LogP contribution in [0.25, 0.3) is 0 Å². The number of benzene rings is 1. The van der Waals surface area contributed by atoms with Crippen LogP contribution in [0.3, 0.4) is 0 Å². The number of nitrogens with zero attached hydrogens (tertiary/aromatic N) is 1. The first-order valence-corrected chi connectivity index (χ1v) is 8.96. The summed E-state index contributed by atoms with van der Waals surface area (Å²) in [5, 5.41) is 6.13. The van der Waals surface area contributed by atoms with E-state index in [9.17, 15) is 9.59 Å². The number of carbonyl (C=O) groups is 2. The average Bonchev–Trinajstić information content (AvgIpc) is 2.59.